The molecule has 0 aliphatic carbocycles. The van der Waals surface area contributed by atoms with Crippen LogP contribution in [0.3, 0.4) is 0 Å². The summed E-state index contributed by atoms with van der Waals surface area (Å²) in [5.41, 5.74) is 1.89. The highest BCUT2D eigenvalue weighted by atomic mass is 32.2. The molecule has 4 aromatic carbocycles. The van der Waals surface area contributed by atoms with E-state index in [1.807, 2.05) is 0 Å². The van der Waals surface area contributed by atoms with Crippen molar-refractivity contribution < 1.29 is 32.6 Å². The number of carbonyl (C=O) groups excluding carboxylic acids is 1. The van der Waals surface area contributed by atoms with Crippen LogP contribution in [0.4, 0.5) is 15.8 Å². The van der Waals surface area contributed by atoms with Gasteiger partial charge in [0.15, 0.2) is 0 Å². The second-order valence-corrected chi connectivity index (χ2v) is 9.39. The second-order valence-electron chi connectivity index (χ2n) is 7.71. The summed E-state index contributed by atoms with van der Waals surface area (Å²) in [5, 5.41) is 21.9. The Morgan fingerprint density at radius 1 is 0.778 bits per heavy atom. The van der Waals surface area contributed by atoms with E-state index < -0.39 is 27.7 Å². The van der Waals surface area contributed by atoms with Crippen molar-refractivity contribution in [2.45, 2.75) is 4.90 Å². The van der Waals surface area contributed by atoms with E-state index in [9.17, 15) is 27.5 Å². The maximum atomic E-state index is 13.1. The third-order valence-electron chi connectivity index (χ3n) is 5.21. The van der Waals surface area contributed by atoms with Gasteiger partial charge >= 0.3 is 5.97 Å². The van der Waals surface area contributed by atoms with E-state index in [1.165, 1.54) is 30.3 Å². The number of hydrogen-bond acceptors (Lipinski definition) is 5. The van der Waals surface area contributed by atoms with Crippen LogP contribution < -0.4 is 10.0 Å². The summed E-state index contributed by atoms with van der Waals surface area (Å²) < 4.78 is 40.5. The number of anilines is 2. The van der Waals surface area contributed by atoms with Gasteiger partial charge in [-0.25, -0.2) is 17.6 Å². The minimum atomic E-state index is -4.12. The number of halogens is 1. The van der Waals surface area contributed by atoms with Gasteiger partial charge in [0, 0.05) is 11.3 Å². The molecule has 182 valence electrons. The molecule has 4 rings (SSSR count). The first-order valence-corrected chi connectivity index (χ1v) is 12.0. The van der Waals surface area contributed by atoms with Gasteiger partial charge in [0.1, 0.15) is 11.6 Å². The number of phenols is 1. The smallest absolute Gasteiger partial charge is 0.335 e. The van der Waals surface area contributed by atoms with Crippen LogP contribution in [0.25, 0.3) is 11.1 Å². The van der Waals surface area contributed by atoms with Crippen LogP contribution in [-0.2, 0) is 10.0 Å². The first-order valence-electron chi connectivity index (χ1n) is 10.5. The number of hydrogen-bond donors (Lipinski definition) is 4. The molecular weight excluding hydrogens is 487 g/mol. The van der Waals surface area contributed by atoms with Crippen molar-refractivity contribution >= 4 is 33.3 Å². The molecular formula is C26H19FN2O6S. The number of rotatable bonds is 7. The lowest BCUT2D eigenvalue weighted by atomic mass is 10.0. The van der Waals surface area contributed by atoms with Crippen molar-refractivity contribution in [1.29, 1.82) is 0 Å². The highest BCUT2D eigenvalue weighted by Gasteiger charge is 2.17. The van der Waals surface area contributed by atoms with Crippen LogP contribution in [0.1, 0.15) is 20.7 Å². The monoisotopic (exact) mass is 506 g/mol. The van der Waals surface area contributed by atoms with Crippen LogP contribution in [0, 0.1) is 5.82 Å². The van der Waals surface area contributed by atoms with Crippen molar-refractivity contribution in [1.82, 2.24) is 0 Å². The molecule has 0 saturated heterocycles. The predicted octanol–water partition coefficient (Wildman–Crippen LogP) is 4.95. The Balaban J connectivity index is 1.50. The number of carboxylic acid groups (broad SMARTS) is 1. The Kier molecular flexibility index (Phi) is 6.71. The van der Waals surface area contributed by atoms with Gasteiger partial charge in [-0.2, -0.15) is 0 Å². The summed E-state index contributed by atoms with van der Waals surface area (Å²) in [5.74, 6) is -2.49. The third-order valence-corrected chi connectivity index (χ3v) is 6.59. The quantitative estimate of drug-likeness (QED) is 0.207. The maximum Gasteiger partial charge on any atom is 0.335 e. The van der Waals surface area contributed by atoms with Crippen LogP contribution in [0.15, 0.2) is 95.9 Å². The van der Waals surface area contributed by atoms with E-state index in [0.29, 0.717) is 11.1 Å². The first kappa shape index (κ1) is 24.4. The number of aromatic carboxylic acids is 1. The Hall–Kier alpha value is -4.70. The lowest BCUT2D eigenvalue weighted by molar-refractivity contribution is 0.0696. The molecule has 4 aromatic rings. The number of amides is 1. The van der Waals surface area contributed by atoms with Crippen molar-refractivity contribution in [2.75, 3.05) is 10.0 Å². The zero-order chi connectivity index (χ0) is 25.9. The van der Waals surface area contributed by atoms with Gasteiger partial charge in [-0.15, -0.1) is 0 Å². The van der Waals surface area contributed by atoms with Crippen molar-refractivity contribution in [2.24, 2.45) is 0 Å². The zero-order valence-corrected chi connectivity index (χ0v) is 19.3. The summed E-state index contributed by atoms with van der Waals surface area (Å²) in [6.45, 7) is 0. The lowest BCUT2D eigenvalue weighted by Crippen LogP contribution is -2.14. The van der Waals surface area contributed by atoms with E-state index in [0.717, 1.165) is 29.8 Å². The largest absolute Gasteiger partial charge is 0.506 e. The number of carbonyl (C=O) groups is 2. The minimum absolute atomic E-state index is 0.146. The summed E-state index contributed by atoms with van der Waals surface area (Å²) in [6, 6.07) is 20.9. The molecule has 0 aliphatic heterocycles. The molecule has 0 aromatic heterocycles. The summed E-state index contributed by atoms with van der Waals surface area (Å²) in [7, 11) is -4.12. The van der Waals surface area contributed by atoms with E-state index in [4.69, 9.17) is 5.11 Å². The fraction of sp³-hybridized carbons (Fsp3) is 0. The average molecular weight is 507 g/mol. The molecule has 0 unspecified atom stereocenters. The number of benzene rings is 4. The Morgan fingerprint density at radius 3 is 2.14 bits per heavy atom. The van der Waals surface area contributed by atoms with Gasteiger partial charge in [0.25, 0.3) is 15.9 Å². The van der Waals surface area contributed by atoms with Crippen LogP contribution >= 0.6 is 0 Å². The number of sulfonamides is 1. The SMILES string of the molecule is O=C(O)c1cccc(-c2ccc(C(=O)Nc3ccc(O)c(NS(=O)(=O)c4ccc(F)cc4)c3)cc2)c1. The summed E-state index contributed by atoms with van der Waals surface area (Å²) in [6.07, 6.45) is 0. The minimum Gasteiger partial charge on any atom is -0.506 e. The predicted molar refractivity (Wildman–Crippen MR) is 132 cm³/mol. The number of phenolic OH excluding ortho intramolecular Hbond substituents is 1. The fourth-order valence-corrected chi connectivity index (χ4v) is 4.43. The number of nitrogens with one attached hydrogen (secondary N) is 2. The Labute approximate surface area is 205 Å². The number of aromatic hydroxyl groups is 1. The molecule has 8 nitrogen and oxygen atoms in total. The third kappa shape index (κ3) is 5.50. The summed E-state index contributed by atoms with van der Waals surface area (Å²) in [4.78, 5) is 23.7. The molecule has 0 bridgehead atoms. The average Bonchev–Trinajstić information content (AvgIpc) is 2.86. The Bertz CT molecular complexity index is 1550. The highest BCUT2D eigenvalue weighted by molar-refractivity contribution is 7.92. The van der Waals surface area contributed by atoms with E-state index in [2.05, 4.69) is 10.0 Å². The van der Waals surface area contributed by atoms with Gasteiger partial charge in [-0.3, -0.25) is 9.52 Å². The van der Waals surface area contributed by atoms with Crippen molar-refractivity contribution in [3.05, 3.63) is 108 Å². The van der Waals surface area contributed by atoms with Gasteiger partial charge < -0.3 is 15.5 Å². The van der Waals surface area contributed by atoms with Crippen LogP contribution in [0.5, 0.6) is 5.75 Å². The highest BCUT2D eigenvalue weighted by Crippen LogP contribution is 2.29. The topological polar surface area (TPSA) is 133 Å². The maximum absolute atomic E-state index is 13.1. The van der Waals surface area contributed by atoms with Gasteiger partial charge in [0.05, 0.1) is 16.1 Å². The van der Waals surface area contributed by atoms with Crippen molar-refractivity contribution in [3.8, 4) is 16.9 Å². The standard InChI is InChI=1S/C26H19FN2O6S/c27-20-8-11-22(12-9-20)36(34,35)29-23-15-21(10-13-24(23)30)28-25(31)17-6-4-16(5-7-17)18-2-1-3-19(14-18)26(32)33/h1-15,29-30H,(H,28,31)(H,32,33). The van der Waals surface area contributed by atoms with Gasteiger partial charge in [-0.05, 0) is 77.9 Å². The van der Waals surface area contributed by atoms with E-state index >= 15 is 0 Å². The molecule has 0 aliphatic rings. The molecule has 0 radical (unpaired) electrons. The second kappa shape index (κ2) is 9.88. The van der Waals surface area contributed by atoms with E-state index in [-0.39, 0.29) is 27.6 Å². The molecule has 10 heteroatoms. The normalized spacial score (nSPS) is 11.0. The zero-order valence-electron chi connectivity index (χ0n) is 18.5. The molecule has 1 amide bonds. The first-order chi connectivity index (χ1) is 17.1. The molecule has 0 heterocycles. The number of carboxylic acids is 1. The molecule has 0 fully saturated rings. The van der Waals surface area contributed by atoms with Crippen molar-refractivity contribution in [3.63, 3.8) is 0 Å². The molecule has 36 heavy (non-hydrogen) atoms. The van der Waals surface area contributed by atoms with E-state index in [1.54, 1.807) is 36.4 Å². The summed E-state index contributed by atoms with van der Waals surface area (Å²) >= 11 is 0. The lowest BCUT2D eigenvalue weighted by Gasteiger charge is -2.12. The molecule has 0 spiro atoms. The molecule has 4 N–H and O–H groups in total. The van der Waals surface area contributed by atoms with Crippen LogP contribution in [0.2, 0.25) is 0 Å². The van der Waals surface area contributed by atoms with Gasteiger partial charge in [-0.1, -0.05) is 24.3 Å². The molecule has 0 atom stereocenters. The molecule has 0 saturated carbocycles. The van der Waals surface area contributed by atoms with Gasteiger partial charge in [0.2, 0.25) is 0 Å². The van der Waals surface area contributed by atoms with Crippen LogP contribution in [-0.4, -0.2) is 30.5 Å². The Morgan fingerprint density at radius 2 is 1.47 bits per heavy atom. The fourth-order valence-electron chi connectivity index (χ4n) is 3.36.